The fourth-order valence-corrected chi connectivity index (χ4v) is 2.81. The average molecular weight is 295 g/mol. The van der Waals surface area contributed by atoms with Crippen molar-refractivity contribution in [2.24, 2.45) is 11.0 Å². The number of thiazole rings is 1. The van der Waals surface area contributed by atoms with Crippen molar-refractivity contribution >= 4 is 28.3 Å². The van der Waals surface area contributed by atoms with Crippen LogP contribution in [0.4, 0.5) is 5.13 Å². The summed E-state index contributed by atoms with van der Waals surface area (Å²) in [6.07, 6.45) is 0.447. The molecule has 1 aliphatic heterocycles. The van der Waals surface area contributed by atoms with Crippen LogP contribution < -0.4 is 4.90 Å². The van der Waals surface area contributed by atoms with Crippen LogP contribution in [0.1, 0.15) is 12.1 Å². The lowest BCUT2D eigenvalue weighted by molar-refractivity contribution is -0.139. The van der Waals surface area contributed by atoms with Crippen molar-refractivity contribution in [2.45, 2.75) is 12.8 Å². The summed E-state index contributed by atoms with van der Waals surface area (Å²) >= 11 is 1.31. The van der Waals surface area contributed by atoms with E-state index >= 15 is 0 Å². The number of carbonyl (C=O) groups is 2. The zero-order valence-corrected chi connectivity index (χ0v) is 11.7. The minimum absolute atomic E-state index is 0.0198. The van der Waals surface area contributed by atoms with Crippen LogP contribution in [-0.2, 0) is 20.7 Å². The molecular weight excluding hydrogens is 282 g/mol. The standard InChI is InChI=1S/C11H13N5O3S/c1-19-10(18)3-8-6-20-11(14-8)16-5-7(2-9(16)17)4-13-15-12/h6-7H,2-5H2,1H3. The fraction of sp³-hybridized carbons (Fsp3) is 0.545. The molecule has 1 aliphatic rings. The van der Waals surface area contributed by atoms with E-state index in [9.17, 15) is 9.59 Å². The second-order valence-corrected chi connectivity index (χ2v) is 5.20. The first-order valence-electron chi connectivity index (χ1n) is 5.96. The first-order chi connectivity index (χ1) is 9.63. The van der Waals surface area contributed by atoms with Gasteiger partial charge in [-0.25, -0.2) is 4.98 Å². The molecule has 0 saturated carbocycles. The third-order valence-corrected chi connectivity index (χ3v) is 3.84. The lowest BCUT2D eigenvalue weighted by Gasteiger charge is -2.11. The summed E-state index contributed by atoms with van der Waals surface area (Å²) in [4.78, 5) is 31.6. The Morgan fingerprint density at radius 1 is 1.75 bits per heavy atom. The van der Waals surface area contributed by atoms with Crippen LogP contribution in [0.3, 0.4) is 0 Å². The second-order valence-electron chi connectivity index (χ2n) is 4.36. The number of esters is 1. The number of azide groups is 1. The van der Waals surface area contributed by atoms with Gasteiger partial charge >= 0.3 is 5.97 Å². The molecule has 1 atom stereocenters. The number of aromatic nitrogens is 1. The van der Waals surface area contributed by atoms with E-state index in [1.54, 1.807) is 10.3 Å². The Bertz CT molecular complexity index is 566. The molecule has 20 heavy (non-hydrogen) atoms. The van der Waals surface area contributed by atoms with Gasteiger partial charge in [0.15, 0.2) is 5.13 Å². The van der Waals surface area contributed by atoms with Crippen LogP contribution in [0.2, 0.25) is 0 Å². The third kappa shape index (κ3) is 3.25. The molecule has 2 rings (SSSR count). The van der Waals surface area contributed by atoms with Gasteiger partial charge in [-0.15, -0.1) is 11.3 Å². The number of carbonyl (C=O) groups excluding carboxylic acids is 2. The first kappa shape index (κ1) is 14.3. The quantitative estimate of drug-likeness (QED) is 0.355. The monoisotopic (exact) mass is 295 g/mol. The Labute approximate surface area is 119 Å². The number of anilines is 1. The van der Waals surface area contributed by atoms with Crippen LogP contribution in [0, 0.1) is 5.92 Å². The third-order valence-electron chi connectivity index (χ3n) is 2.93. The summed E-state index contributed by atoms with van der Waals surface area (Å²) in [5, 5.41) is 5.80. The van der Waals surface area contributed by atoms with Gasteiger partial charge in [-0.1, -0.05) is 5.11 Å². The van der Waals surface area contributed by atoms with Crippen LogP contribution in [0.25, 0.3) is 10.4 Å². The lowest BCUT2D eigenvalue weighted by Crippen LogP contribution is -2.24. The average Bonchev–Trinajstić information content (AvgIpc) is 3.02. The SMILES string of the molecule is COC(=O)Cc1csc(N2CC(CN=[N+]=[N-])CC2=O)n1. The number of methoxy groups -OCH3 is 1. The van der Waals surface area contributed by atoms with Crippen molar-refractivity contribution in [3.8, 4) is 0 Å². The van der Waals surface area contributed by atoms with Crippen molar-refractivity contribution in [2.75, 3.05) is 25.1 Å². The second kappa shape index (κ2) is 6.36. The van der Waals surface area contributed by atoms with Crippen molar-refractivity contribution in [3.05, 3.63) is 21.5 Å². The Morgan fingerprint density at radius 3 is 3.25 bits per heavy atom. The molecule has 0 bridgehead atoms. The normalized spacial score (nSPS) is 17.9. The van der Waals surface area contributed by atoms with Crippen molar-refractivity contribution in [1.82, 2.24) is 4.98 Å². The molecule has 1 aromatic rings. The highest BCUT2D eigenvalue weighted by Gasteiger charge is 2.31. The van der Waals surface area contributed by atoms with E-state index in [-0.39, 0.29) is 24.2 Å². The molecule has 0 aliphatic carbocycles. The largest absolute Gasteiger partial charge is 0.469 e. The van der Waals surface area contributed by atoms with E-state index in [4.69, 9.17) is 5.53 Å². The van der Waals surface area contributed by atoms with E-state index in [1.165, 1.54) is 18.4 Å². The lowest BCUT2D eigenvalue weighted by atomic mass is 10.1. The van der Waals surface area contributed by atoms with Crippen LogP contribution in [0.5, 0.6) is 0 Å². The topological polar surface area (TPSA) is 108 Å². The van der Waals surface area contributed by atoms with Crippen LogP contribution >= 0.6 is 11.3 Å². The molecule has 9 heteroatoms. The van der Waals surface area contributed by atoms with E-state index in [2.05, 4.69) is 19.7 Å². The van der Waals surface area contributed by atoms with E-state index in [1.807, 2.05) is 0 Å². The van der Waals surface area contributed by atoms with Crippen molar-refractivity contribution in [1.29, 1.82) is 0 Å². The summed E-state index contributed by atoms with van der Waals surface area (Å²) in [5.74, 6) is -0.385. The number of hydrogen-bond acceptors (Lipinski definition) is 6. The zero-order valence-electron chi connectivity index (χ0n) is 10.9. The van der Waals surface area contributed by atoms with Gasteiger partial charge in [0.25, 0.3) is 0 Å². The summed E-state index contributed by atoms with van der Waals surface area (Å²) in [6, 6.07) is 0. The van der Waals surface area contributed by atoms with Gasteiger partial charge in [0, 0.05) is 29.8 Å². The Hall–Kier alpha value is -2.12. The molecular formula is C11H13N5O3S. The molecule has 1 unspecified atom stereocenters. The summed E-state index contributed by atoms with van der Waals surface area (Å²) in [7, 11) is 1.32. The van der Waals surface area contributed by atoms with Crippen LogP contribution in [-0.4, -0.2) is 37.1 Å². The molecule has 0 N–H and O–H groups in total. The molecule has 1 amide bonds. The molecule has 1 fully saturated rings. The minimum Gasteiger partial charge on any atom is -0.469 e. The summed E-state index contributed by atoms with van der Waals surface area (Å²) in [6.45, 7) is 0.794. The van der Waals surface area contributed by atoms with Gasteiger partial charge in [0.05, 0.1) is 19.2 Å². The summed E-state index contributed by atoms with van der Waals surface area (Å²) < 4.78 is 4.57. The number of amides is 1. The van der Waals surface area contributed by atoms with E-state index in [0.717, 1.165) is 0 Å². The Balaban J connectivity index is 2.03. The molecule has 0 radical (unpaired) electrons. The van der Waals surface area contributed by atoms with Gasteiger partial charge in [-0.3, -0.25) is 14.5 Å². The van der Waals surface area contributed by atoms with Crippen LogP contribution in [0.15, 0.2) is 10.5 Å². The van der Waals surface area contributed by atoms with Crippen molar-refractivity contribution < 1.29 is 14.3 Å². The van der Waals surface area contributed by atoms with Gasteiger partial charge < -0.3 is 4.74 Å². The number of rotatable bonds is 5. The fourth-order valence-electron chi connectivity index (χ4n) is 1.96. The van der Waals surface area contributed by atoms with Crippen molar-refractivity contribution in [3.63, 3.8) is 0 Å². The molecule has 1 aromatic heterocycles. The Kier molecular flexibility index (Phi) is 4.54. The minimum atomic E-state index is -0.365. The summed E-state index contributed by atoms with van der Waals surface area (Å²) in [5.41, 5.74) is 8.88. The van der Waals surface area contributed by atoms with Gasteiger partial charge in [-0.2, -0.15) is 0 Å². The molecule has 106 valence electrons. The highest BCUT2D eigenvalue weighted by molar-refractivity contribution is 7.14. The highest BCUT2D eigenvalue weighted by atomic mass is 32.1. The highest BCUT2D eigenvalue weighted by Crippen LogP contribution is 2.28. The van der Waals surface area contributed by atoms with E-state index in [0.29, 0.717) is 30.3 Å². The molecule has 8 nitrogen and oxygen atoms in total. The number of nitrogens with zero attached hydrogens (tertiary/aromatic N) is 5. The maximum Gasteiger partial charge on any atom is 0.311 e. The number of ether oxygens (including phenoxy) is 1. The number of hydrogen-bond donors (Lipinski definition) is 0. The van der Waals surface area contributed by atoms with Gasteiger partial charge in [-0.05, 0) is 11.4 Å². The smallest absolute Gasteiger partial charge is 0.311 e. The van der Waals surface area contributed by atoms with Gasteiger partial charge in [0.1, 0.15) is 0 Å². The zero-order chi connectivity index (χ0) is 14.5. The molecule has 0 aromatic carbocycles. The predicted octanol–water partition coefficient (Wildman–Crippen LogP) is 1.52. The first-order valence-corrected chi connectivity index (χ1v) is 6.84. The molecule has 0 spiro atoms. The molecule has 2 heterocycles. The van der Waals surface area contributed by atoms with Gasteiger partial charge in [0.2, 0.25) is 5.91 Å². The maximum absolute atomic E-state index is 11.9. The Morgan fingerprint density at radius 2 is 2.55 bits per heavy atom. The predicted molar refractivity (Wildman–Crippen MR) is 72.3 cm³/mol. The molecule has 1 saturated heterocycles. The maximum atomic E-state index is 11.9. The van der Waals surface area contributed by atoms with E-state index < -0.39 is 0 Å².